The fraction of sp³-hybridized carbons (Fsp3) is 0.333. The molecule has 0 aromatic carbocycles. The van der Waals surface area contributed by atoms with Crippen molar-refractivity contribution >= 4 is 41.4 Å². The summed E-state index contributed by atoms with van der Waals surface area (Å²) in [5, 5.41) is 0. The van der Waals surface area contributed by atoms with Gasteiger partial charge in [-0.15, -0.1) is 17.0 Å². The molecular weight excluding hydrogens is 231 g/mol. The van der Waals surface area contributed by atoms with Crippen LogP contribution < -0.4 is 0 Å². The maximum atomic E-state index is 3.51. The van der Waals surface area contributed by atoms with Crippen molar-refractivity contribution < 1.29 is 0 Å². The molecule has 0 saturated carbocycles. The summed E-state index contributed by atoms with van der Waals surface area (Å²) in [6.45, 7) is 3.51. The van der Waals surface area contributed by atoms with Crippen LogP contribution in [0.1, 0.15) is 0 Å². The fourth-order valence-electron chi connectivity index (χ4n) is 0. The van der Waals surface area contributed by atoms with Gasteiger partial charge in [0.1, 0.15) is 0 Å². The molecule has 2 heteroatoms. The number of hydrogen-bond acceptors (Lipinski definition) is 0. The van der Waals surface area contributed by atoms with Crippen LogP contribution in [-0.4, -0.2) is 24.4 Å². The summed E-state index contributed by atoms with van der Waals surface area (Å²) in [7, 11) is 0. The second-order valence-corrected chi connectivity index (χ2v) is 1.87. The number of allylic oxidation sites excluding steroid dienone is 1. The first-order chi connectivity index (χ1) is 1.91. The van der Waals surface area contributed by atoms with Crippen molar-refractivity contribution in [3.05, 3.63) is 12.7 Å². The Balaban J connectivity index is 0. The van der Waals surface area contributed by atoms with Crippen LogP contribution in [0.3, 0.4) is 0 Å². The second-order valence-electron chi connectivity index (χ2n) is 0.524. The molecule has 0 bridgehead atoms. The average molecular weight is 237 g/mol. The van der Waals surface area contributed by atoms with Crippen LogP contribution in [0.5, 0.6) is 0 Å². The summed E-state index contributed by atoms with van der Waals surface area (Å²) in [5.41, 5.74) is 0. The minimum absolute atomic E-state index is 0. The quantitative estimate of drug-likeness (QED) is 0.603. The van der Waals surface area contributed by atoms with Crippen molar-refractivity contribution in [2.45, 2.75) is 4.18 Å². The first kappa shape index (κ1) is 9.43. The predicted octanol–water partition coefficient (Wildman–Crippen LogP) is 1.34. The molecule has 0 N–H and O–H groups in total. The van der Waals surface area contributed by atoms with Crippen LogP contribution in [0.2, 0.25) is 4.18 Å². The molecule has 28 valence electrons. The van der Waals surface area contributed by atoms with Gasteiger partial charge in [0, 0.05) is 0 Å². The van der Waals surface area contributed by atoms with Gasteiger partial charge in [-0.05, 0) is 0 Å². The van der Waals surface area contributed by atoms with Crippen molar-refractivity contribution in [3.63, 3.8) is 0 Å². The first-order valence-electron chi connectivity index (χ1n) is 1.22. The molecule has 0 nitrogen and oxygen atoms in total. The maximum absolute atomic E-state index is 3.51. The average Bonchev–Trinajstić information content (AvgIpc) is 1.37. The summed E-state index contributed by atoms with van der Waals surface area (Å²) in [5.74, 6) is 0. The van der Waals surface area contributed by atoms with Crippen molar-refractivity contribution in [3.8, 4) is 0 Å². The number of hydrogen-bond donors (Lipinski definition) is 0. The number of halogens is 1. The van der Waals surface area contributed by atoms with E-state index in [-0.39, 0.29) is 17.0 Å². The molecule has 2 radical (unpaired) electrons. The summed E-state index contributed by atoms with van der Waals surface area (Å²) in [4.78, 5) is 0. The molecule has 0 atom stereocenters. The van der Waals surface area contributed by atoms with E-state index in [1.54, 1.807) is 0 Å². The van der Waals surface area contributed by atoms with Gasteiger partial charge >= 0.3 is 41.2 Å². The molecule has 0 unspecified atom stereocenters. The third-order valence-electron chi connectivity index (χ3n) is 0.167. The van der Waals surface area contributed by atoms with Crippen molar-refractivity contribution in [2.75, 3.05) is 0 Å². The van der Waals surface area contributed by atoms with E-state index in [0.717, 1.165) is 0 Å². The Labute approximate surface area is 58.0 Å². The fourth-order valence-corrected chi connectivity index (χ4v) is 0. The molecule has 0 aromatic rings. The normalized spacial score (nSPS) is 4.80. The Morgan fingerprint density at radius 1 is 1.80 bits per heavy atom. The Hall–Kier alpha value is 1.09. The molecule has 0 aliphatic carbocycles. The Kier molecular flexibility index (Phi) is 16.8. The van der Waals surface area contributed by atoms with Gasteiger partial charge in [0.2, 0.25) is 0 Å². The zero-order valence-electron chi connectivity index (χ0n) is 2.98. The van der Waals surface area contributed by atoms with Gasteiger partial charge in [-0.25, -0.2) is 0 Å². The van der Waals surface area contributed by atoms with Gasteiger partial charge < -0.3 is 0 Å². The van der Waals surface area contributed by atoms with Crippen molar-refractivity contribution in [1.29, 1.82) is 0 Å². The Bertz CT molecular complexity index is 20.9. The SMILES string of the molecule is Br.C=C[CH2][In]. The summed E-state index contributed by atoms with van der Waals surface area (Å²) >= 11 is 1.32. The third kappa shape index (κ3) is 11.1. The third-order valence-corrected chi connectivity index (χ3v) is 1.12. The van der Waals surface area contributed by atoms with E-state index in [1.165, 1.54) is 28.6 Å². The summed E-state index contributed by atoms with van der Waals surface area (Å²) < 4.78 is 1.21. The van der Waals surface area contributed by atoms with Gasteiger partial charge in [-0.3, -0.25) is 0 Å². The molecule has 0 aliphatic rings. The van der Waals surface area contributed by atoms with E-state index in [9.17, 15) is 0 Å². The molecule has 5 heavy (non-hydrogen) atoms. The van der Waals surface area contributed by atoms with Gasteiger partial charge in [0.05, 0.1) is 0 Å². The zero-order chi connectivity index (χ0) is 3.41. The van der Waals surface area contributed by atoms with E-state index >= 15 is 0 Å². The monoisotopic (exact) mass is 236 g/mol. The molecular formula is C3H6BrIn. The van der Waals surface area contributed by atoms with E-state index in [1.807, 2.05) is 6.08 Å². The molecule has 0 heterocycles. The van der Waals surface area contributed by atoms with Crippen LogP contribution in [0.4, 0.5) is 0 Å². The second kappa shape index (κ2) is 8.92. The van der Waals surface area contributed by atoms with Crippen molar-refractivity contribution in [2.24, 2.45) is 0 Å². The topological polar surface area (TPSA) is 0 Å². The van der Waals surface area contributed by atoms with Crippen LogP contribution in [0.25, 0.3) is 0 Å². The zero-order valence-corrected chi connectivity index (χ0v) is 7.99. The summed E-state index contributed by atoms with van der Waals surface area (Å²) in [6.07, 6.45) is 1.93. The molecule has 0 aromatic heterocycles. The molecule has 0 amide bonds. The Morgan fingerprint density at radius 2 is 2.00 bits per heavy atom. The minimum atomic E-state index is 0. The van der Waals surface area contributed by atoms with E-state index in [4.69, 9.17) is 0 Å². The van der Waals surface area contributed by atoms with Crippen LogP contribution in [-0.2, 0) is 0 Å². The van der Waals surface area contributed by atoms with E-state index in [2.05, 4.69) is 6.58 Å². The van der Waals surface area contributed by atoms with E-state index < -0.39 is 0 Å². The molecule has 0 rings (SSSR count). The van der Waals surface area contributed by atoms with Crippen LogP contribution in [0, 0.1) is 0 Å². The molecule has 0 saturated heterocycles. The Morgan fingerprint density at radius 3 is 2.00 bits per heavy atom. The van der Waals surface area contributed by atoms with Crippen molar-refractivity contribution in [1.82, 2.24) is 0 Å². The first-order valence-corrected chi connectivity index (χ1v) is 3.56. The molecule has 0 spiro atoms. The van der Waals surface area contributed by atoms with Gasteiger partial charge in [-0.1, -0.05) is 0 Å². The van der Waals surface area contributed by atoms with Gasteiger partial charge in [-0.2, -0.15) is 0 Å². The van der Waals surface area contributed by atoms with Gasteiger partial charge in [0.15, 0.2) is 0 Å². The van der Waals surface area contributed by atoms with Crippen LogP contribution >= 0.6 is 17.0 Å². The molecule has 0 fully saturated rings. The van der Waals surface area contributed by atoms with Crippen LogP contribution in [0.15, 0.2) is 12.7 Å². The molecule has 0 aliphatic heterocycles. The van der Waals surface area contributed by atoms with Gasteiger partial charge in [0.25, 0.3) is 0 Å². The standard InChI is InChI=1S/C3H5.BrH.In/c1-3-2;;/h3H,1-2H2;1H;. The number of rotatable bonds is 1. The van der Waals surface area contributed by atoms with E-state index in [0.29, 0.717) is 0 Å². The predicted molar refractivity (Wildman–Crippen MR) is 31.1 cm³/mol. The summed E-state index contributed by atoms with van der Waals surface area (Å²) in [6, 6.07) is 0.